The quantitative estimate of drug-likeness (QED) is 0.218. The number of nitrogens with zero attached hydrogens (tertiary/aromatic N) is 8. The molecule has 11 aliphatic heterocycles. The lowest BCUT2D eigenvalue weighted by Crippen LogP contribution is -2.74. The minimum absolute atomic E-state index is 0.153. The highest BCUT2D eigenvalue weighted by molar-refractivity contribution is 14.1. The van der Waals surface area contributed by atoms with Crippen molar-refractivity contribution in [3.8, 4) is 12.3 Å². The molecule has 11 fully saturated rings. The Bertz CT molecular complexity index is 2050. The number of nitrogens with one attached hydrogen (secondary N) is 1. The molecule has 6 unspecified atom stereocenters. The topological polar surface area (TPSA) is 112 Å². The van der Waals surface area contributed by atoms with Gasteiger partial charge in [0.1, 0.15) is 17.2 Å². The van der Waals surface area contributed by atoms with Gasteiger partial charge in [-0.05, 0) is 122 Å². The van der Waals surface area contributed by atoms with Crippen molar-refractivity contribution in [2.75, 3.05) is 75.5 Å². The molecule has 3 aromatic heterocycles. The van der Waals surface area contributed by atoms with Crippen LogP contribution in [0.1, 0.15) is 45.6 Å². The van der Waals surface area contributed by atoms with E-state index in [2.05, 4.69) is 125 Å². The Labute approximate surface area is 413 Å². The zero-order chi connectivity index (χ0) is 44.7. The molecular weight excluding hydrogens is 1110 g/mol. The monoisotopic (exact) mass is 1160 g/mol. The molecule has 0 spiro atoms. The number of halogens is 3. The molecule has 13 nitrogen and oxygen atoms in total. The van der Waals surface area contributed by atoms with Gasteiger partial charge in [0.15, 0.2) is 0 Å². The van der Waals surface area contributed by atoms with Crippen molar-refractivity contribution in [3.63, 3.8) is 0 Å². The molecule has 1 N–H and O–H groups in total. The smallest absolute Gasteiger partial charge is 0.410 e. The predicted octanol–water partition coefficient (Wildman–Crippen LogP) is 4.86. The van der Waals surface area contributed by atoms with Gasteiger partial charge in [-0.15, -0.1) is 6.42 Å². The number of piperidine rings is 3. The highest BCUT2D eigenvalue weighted by Crippen LogP contribution is 2.39. The third-order valence-electron chi connectivity index (χ3n) is 12.3. The number of piperazine rings is 3. The lowest BCUT2D eigenvalue weighted by atomic mass is 9.85. The fraction of sp³-hybridized carbons (Fsp3) is 0.581. The average molecular weight is 1160 g/mol. The molecule has 20 heteroatoms. The molecule has 14 rings (SSSR count). The first-order valence-electron chi connectivity index (χ1n) is 21.2. The summed E-state index contributed by atoms with van der Waals surface area (Å²) in [7, 11) is 2.34. The van der Waals surface area contributed by atoms with Crippen LogP contribution in [0.25, 0.3) is 0 Å². The standard InChI is InChI=1S/C15H17N3O.C13H16IN3O.C10H18N2O2.C5H3FIN.S4/c1-2-11-3-4-15(16-6-11)17-7-12-5-13(8-17)18(12)14-9-19-10-14;14-9-1-2-13(15-4-9)16-5-10-3-11(6-16)17(10)12-7-18-8-12;1-10(2,3)14-9(13)12-7-4-8(12)6-11-5-7;6-5-2-1-4(7)3-8-5;1-3-4-2/h1,3-4,6,12-14H,5,7-10H2;1-2,4,10-12H,3,5-8H2;7-8,11H,4-6H2,1-3H3;1-3H;. The van der Waals surface area contributed by atoms with Crippen molar-refractivity contribution < 1.29 is 23.4 Å². The molecule has 1 amide bonds. The summed E-state index contributed by atoms with van der Waals surface area (Å²) in [5.74, 6) is 4.37. The average Bonchev–Trinajstić information content (AvgIpc) is 3.25. The summed E-state index contributed by atoms with van der Waals surface area (Å²) in [5, 5.41) is 3.28. The molecule has 3 aromatic rings. The Morgan fingerprint density at radius 1 is 0.746 bits per heavy atom. The maximum Gasteiger partial charge on any atom is 0.410 e. The minimum atomic E-state index is -0.426. The largest absolute Gasteiger partial charge is 0.444 e. The third-order valence-corrected chi connectivity index (χ3v) is 15.8. The van der Waals surface area contributed by atoms with Gasteiger partial charge in [0, 0.05) is 147 Å². The second-order valence-electron chi connectivity index (χ2n) is 17.6. The Balaban J connectivity index is 0.000000127. The zero-order valence-corrected chi connectivity index (χ0v) is 43.1. The van der Waals surface area contributed by atoms with Crippen molar-refractivity contribution in [3.05, 3.63) is 73.6 Å². The molecule has 0 aliphatic carbocycles. The van der Waals surface area contributed by atoms with Gasteiger partial charge in [0.05, 0.1) is 38.5 Å². The second kappa shape index (κ2) is 22.6. The van der Waals surface area contributed by atoms with Crippen LogP contribution in [0.15, 0.2) is 55.0 Å². The highest BCUT2D eigenvalue weighted by Gasteiger charge is 2.51. The summed E-state index contributed by atoms with van der Waals surface area (Å²) in [4.78, 5) is 36.2. The SMILES string of the molecule is C#Cc1ccc(N2CC3CC(C2)N3C2COC2)nc1.CC(C)(C)OC(=O)N1C2CNCC1C2.Fc1ccc(I)cn1.Ic1ccc(N2CC3CC(C2)N3C2COC2)nc1.S=S=S=S. The number of terminal acetylenes is 1. The van der Waals surface area contributed by atoms with E-state index in [1.165, 1.54) is 46.4 Å². The maximum absolute atomic E-state index is 12.0. The van der Waals surface area contributed by atoms with Crippen molar-refractivity contribution in [2.45, 2.75) is 94.0 Å². The van der Waals surface area contributed by atoms with Crippen LogP contribution in [0.5, 0.6) is 0 Å². The molecule has 340 valence electrons. The number of pyridine rings is 3. The number of rotatable bonds is 4. The van der Waals surface area contributed by atoms with Crippen molar-refractivity contribution >= 4 is 103 Å². The molecule has 11 saturated heterocycles. The number of amides is 1. The van der Waals surface area contributed by atoms with E-state index in [0.29, 0.717) is 36.3 Å². The number of hydrogen-bond acceptors (Lipinski definition) is 14. The van der Waals surface area contributed by atoms with Gasteiger partial charge in [0.25, 0.3) is 0 Å². The van der Waals surface area contributed by atoms with Gasteiger partial charge in [-0.1, -0.05) is 5.92 Å². The maximum atomic E-state index is 12.0. The van der Waals surface area contributed by atoms with Crippen molar-refractivity contribution in [1.82, 2.24) is 35.0 Å². The van der Waals surface area contributed by atoms with Crippen LogP contribution in [-0.4, -0.2) is 155 Å². The zero-order valence-electron chi connectivity index (χ0n) is 35.6. The van der Waals surface area contributed by atoms with Crippen molar-refractivity contribution in [2.24, 2.45) is 0 Å². The van der Waals surface area contributed by atoms with E-state index >= 15 is 0 Å². The number of aromatic nitrogens is 3. The van der Waals surface area contributed by atoms with E-state index in [1.807, 2.05) is 44.0 Å². The highest BCUT2D eigenvalue weighted by atomic mass is 127. The second-order valence-corrected chi connectivity index (χ2v) is 23.6. The van der Waals surface area contributed by atoms with E-state index in [9.17, 15) is 9.18 Å². The van der Waals surface area contributed by atoms with E-state index in [4.69, 9.17) is 20.6 Å². The first kappa shape index (κ1) is 48.9. The molecule has 63 heavy (non-hydrogen) atoms. The lowest BCUT2D eigenvalue weighted by molar-refractivity contribution is -0.141. The van der Waals surface area contributed by atoms with Crippen LogP contribution in [-0.2, 0) is 54.3 Å². The first-order valence-corrected chi connectivity index (χ1v) is 27.3. The normalized spacial score (nSPS) is 26.7. The number of hydrogen-bond donors (Lipinski definition) is 1. The number of carbonyl (C=O) groups is 1. The third kappa shape index (κ3) is 12.7. The summed E-state index contributed by atoms with van der Waals surface area (Å²) < 4.78 is 30.1. The van der Waals surface area contributed by atoms with Gasteiger partial charge in [0.2, 0.25) is 5.95 Å². The summed E-state index contributed by atoms with van der Waals surface area (Å²) in [6.07, 6.45) is 14.2. The van der Waals surface area contributed by atoms with Gasteiger partial charge < -0.3 is 29.3 Å². The van der Waals surface area contributed by atoms with E-state index < -0.39 is 5.95 Å². The van der Waals surface area contributed by atoms with E-state index in [1.54, 1.807) is 12.3 Å². The lowest BCUT2D eigenvalue weighted by Gasteiger charge is -2.60. The molecular formula is C43H54FI2N9O4S4. The predicted molar refractivity (Wildman–Crippen MR) is 270 cm³/mol. The van der Waals surface area contributed by atoms with Gasteiger partial charge in [-0.2, -0.15) is 4.39 Å². The minimum Gasteiger partial charge on any atom is -0.444 e. The molecule has 14 heterocycles. The fourth-order valence-corrected chi connectivity index (χ4v) is 9.94. The molecule has 6 atom stereocenters. The molecule has 11 aliphatic rings. The Morgan fingerprint density at radius 2 is 1.21 bits per heavy atom. The van der Waals surface area contributed by atoms with E-state index in [-0.39, 0.29) is 11.7 Å². The summed E-state index contributed by atoms with van der Waals surface area (Å²) in [6.45, 7) is 15.7. The Hall–Kier alpha value is -2.05. The van der Waals surface area contributed by atoms with Crippen LogP contribution in [0, 0.1) is 25.4 Å². The Morgan fingerprint density at radius 3 is 1.54 bits per heavy atom. The number of carbonyl (C=O) groups excluding carboxylic acids is 1. The van der Waals surface area contributed by atoms with Gasteiger partial charge >= 0.3 is 6.09 Å². The summed E-state index contributed by atoms with van der Waals surface area (Å²) in [5.41, 5.74) is 0.466. The van der Waals surface area contributed by atoms with Crippen LogP contribution in [0.4, 0.5) is 20.8 Å². The number of ether oxygens (including phenoxy) is 3. The van der Waals surface area contributed by atoms with Crippen LogP contribution in [0.3, 0.4) is 0 Å². The van der Waals surface area contributed by atoms with Crippen LogP contribution >= 0.6 is 45.2 Å². The van der Waals surface area contributed by atoms with Crippen molar-refractivity contribution in [1.29, 1.82) is 0 Å². The van der Waals surface area contributed by atoms with Gasteiger partial charge in [-0.3, -0.25) is 14.7 Å². The number of anilines is 2. The van der Waals surface area contributed by atoms with Crippen LogP contribution < -0.4 is 15.1 Å². The first-order chi connectivity index (χ1) is 30.3. The fourth-order valence-electron chi connectivity index (χ4n) is 9.30. The van der Waals surface area contributed by atoms with Crippen LogP contribution in [0.2, 0.25) is 0 Å². The molecule has 0 radical (unpaired) electrons. The summed E-state index contributed by atoms with van der Waals surface area (Å²) in [6, 6.07) is 16.2. The number of fused-ring (bicyclic) bond motifs is 6. The Kier molecular flexibility index (Phi) is 17.6. The summed E-state index contributed by atoms with van der Waals surface area (Å²) >= 11 is 13.0. The molecule has 0 aromatic carbocycles. The van der Waals surface area contributed by atoms with Gasteiger partial charge in [-0.25, -0.2) is 19.7 Å². The van der Waals surface area contributed by atoms with E-state index in [0.717, 1.165) is 105 Å². The molecule has 0 saturated carbocycles. The molecule has 6 bridgehead atoms.